The molecule has 1 unspecified atom stereocenters. The first kappa shape index (κ1) is 13.1. The summed E-state index contributed by atoms with van der Waals surface area (Å²) < 4.78 is 0. The Labute approximate surface area is 121 Å². The van der Waals surface area contributed by atoms with Crippen LogP contribution in [0.25, 0.3) is 0 Å². The molecule has 0 aromatic heterocycles. The average molecular weight is 284 g/mol. The lowest BCUT2D eigenvalue weighted by Gasteiger charge is -2.32. The fourth-order valence-electron chi connectivity index (χ4n) is 2.66. The molecule has 2 heterocycles. The van der Waals surface area contributed by atoms with E-state index in [1.54, 1.807) is 0 Å². The molecule has 1 aromatic rings. The van der Waals surface area contributed by atoms with Crippen molar-refractivity contribution in [2.45, 2.75) is 25.9 Å². The van der Waals surface area contributed by atoms with E-state index in [1.807, 2.05) is 29.0 Å². The van der Waals surface area contributed by atoms with Crippen LogP contribution in [0.5, 0.6) is 0 Å². The van der Waals surface area contributed by atoms with Gasteiger partial charge in [-0.1, -0.05) is 24.3 Å². The number of allylic oxidation sites excluding steroid dienone is 1. The highest BCUT2D eigenvalue weighted by atomic mass is 31.0. The third-order valence-electron chi connectivity index (χ3n) is 3.85. The molecule has 1 aromatic carbocycles. The largest absolute Gasteiger partial charge is 0.379 e. The molecule has 0 radical (unpaired) electrons. The summed E-state index contributed by atoms with van der Waals surface area (Å²) in [5.74, 6) is 2.05. The van der Waals surface area contributed by atoms with Gasteiger partial charge in [0.25, 0.3) is 0 Å². The minimum atomic E-state index is 0.158. The third-order valence-corrected chi connectivity index (χ3v) is 4.21. The van der Waals surface area contributed by atoms with Crippen molar-refractivity contribution in [2.24, 2.45) is 0 Å². The van der Waals surface area contributed by atoms with Crippen molar-refractivity contribution < 1.29 is 4.79 Å². The van der Waals surface area contributed by atoms with Gasteiger partial charge in [0.1, 0.15) is 0 Å². The number of hydrogen-bond acceptors (Lipinski definition) is 2. The molecule has 2 aliphatic rings. The van der Waals surface area contributed by atoms with Crippen LogP contribution in [0.1, 0.15) is 16.7 Å². The van der Waals surface area contributed by atoms with Crippen LogP contribution in [-0.4, -0.2) is 22.6 Å². The second-order valence-electron chi connectivity index (χ2n) is 5.16. The predicted octanol–water partition coefficient (Wildman–Crippen LogP) is 2.19. The van der Waals surface area contributed by atoms with Crippen molar-refractivity contribution in [3.05, 3.63) is 58.9 Å². The van der Waals surface area contributed by atoms with Gasteiger partial charge in [0.15, 0.2) is 0 Å². The summed E-state index contributed by atoms with van der Waals surface area (Å²) in [7, 11) is 3.37. The topological polar surface area (TPSA) is 32.3 Å². The van der Waals surface area contributed by atoms with Gasteiger partial charge in [-0.3, -0.25) is 4.79 Å². The smallest absolute Gasteiger partial charge is 0.231 e. The number of amides is 1. The number of benzene rings is 1. The lowest BCUT2D eigenvalue weighted by Crippen LogP contribution is -2.38. The highest BCUT2D eigenvalue weighted by Gasteiger charge is 2.26. The lowest BCUT2D eigenvalue weighted by atomic mass is 9.94. The highest BCUT2D eigenvalue weighted by molar-refractivity contribution is 7.18. The fraction of sp³-hybridized carbons (Fsp3) is 0.250. The van der Waals surface area contributed by atoms with Crippen molar-refractivity contribution >= 4 is 20.6 Å². The number of fused-ring (bicyclic) bond motifs is 1. The summed E-state index contributed by atoms with van der Waals surface area (Å²) >= 11 is 0. The third kappa shape index (κ3) is 2.30. The molecular weight excluding hydrogens is 267 g/mol. The Morgan fingerprint density at radius 1 is 1.45 bits per heavy atom. The van der Waals surface area contributed by atoms with Gasteiger partial charge >= 0.3 is 0 Å². The second-order valence-corrected chi connectivity index (χ2v) is 5.49. The SMILES string of the molecule is Cc1cccc2c1CC(=O)N(C1=CNC(C=P)C=C1)C2. The van der Waals surface area contributed by atoms with E-state index >= 15 is 0 Å². The zero-order valence-electron chi connectivity index (χ0n) is 11.4. The first-order chi connectivity index (χ1) is 9.69. The monoisotopic (exact) mass is 284 g/mol. The molecule has 20 heavy (non-hydrogen) atoms. The first-order valence-corrected chi connectivity index (χ1v) is 7.29. The number of carbonyl (C=O) groups excluding carboxylic acids is 1. The van der Waals surface area contributed by atoms with Crippen LogP contribution in [-0.2, 0) is 17.8 Å². The number of aryl methyl sites for hydroxylation is 1. The number of dihydropyridines is 1. The molecule has 3 nitrogen and oxygen atoms in total. The molecular formula is C16H17N2OP. The number of nitrogens with zero attached hydrogens (tertiary/aromatic N) is 1. The maximum atomic E-state index is 12.4. The molecule has 3 rings (SSSR count). The maximum Gasteiger partial charge on any atom is 0.231 e. The molecule has 0 spiro atoms. The van der Waals surface area contributed by atoms with E-state index < -0.39 is 0 Å². The summed E-state index contributed by atoms with van der Waals surface area (Å²) in [4.78, 5) is 14.2. The molecule has 1 amide bonds. The predicted molar refractivity (Wildman–Crippen MR) is 84.0 cm³/mol. The van der Waals surface area contributed by atoms with Gasteiger partial charge in [-0.25, -0.2) is 0 Å². The van der Waals surface area contributed by atoms with Crippen LogP contribution < -0.4 is 5.32 Å². The molecule has 2 aliphatic heterocycles. The van der Waals surface area contributed by atoms with E-state index in [0.29, 0.717) is 13.0 Å². The number of nitrogens with one attached hydrogen (secondary N) is 1. The molecule has 4 heteroatoms. The van der Waals surface area contributed by atoms with Crippen molar-refractivity contribution in [3.63, 3.8) is 0 Å². The molecule has 0 saturated heterocycles. The quantitative estimate of drug-likeness (QED) is 0.844. The van der Waals surface area contributed by atoms with Gasteiger partial charge in [0.05, 0.1) is 24.7 Å². The minimum absolute atomic E-state index is 0.158. The standard InChI is InChI=1S/C16H17N2OP/c1-11-3-2-4-12-9-18(16(19)7-15(11)12)14-6-5-13(10-20)17-8-14/h2-6,8,10,13,17,20H,7,9H2,1H3. The second kappa shape index (κ2) is 5.26. The number of carbonyl (C=O) groups is 1. The Kier molecular flexibility index (Phi) is 3.45. The number of rotatable bonds is 2. The Hall–Kier alpha value is -1.86. The highest BCUT2D eigenvalue weighted by Crippen LogP contribution is 2.26. The van der Waals surface area contributed by atoms with E-state index in [9.17, 15) is 4.79 Å². The van der Waals surface area contributed by atoms with Crippen LogP contribution in [0.2, 0.25) is 0 Å². The van der Waals surface area contributed by atoms with E-state index in [0.717, 1.165) is 5.70 Å². The average Bonchev–Trinajstić information content (AvgIpc) is 2.48. The van der Waals surface area contributed by atoms with Gasteiger partial charge in [-0.15, -0.1) is 8.86 Å². The van der Waals surface area contributed by atoms with Crippen LogP contribution in [0.4, 0.5) is 0 Å². The summed E-state index contributed by atoms with van der Waals surface area (Å²) in [6.07, 6.45) is 6.42. The summed E-state index contributed by atoms with van der Waals surface area (Å²) in [5.41, 5.74) is 4.56. The normalized spacial score (nSPS) is 21.1. The lowest BCUT2D eigenvalue weighted by molar-refractivity contribution is -0.129. The van der Waals surface area contributed by atoms with Crippen LogP contribution in [0.3, 0.4) is 0 Å². The molecule has 1 atom stereocenters. The van der Waals surface area contributed by atoms with E-state index in [1.165, 1.54) is 16.7 Å². The maximum absolute atomic E-state index is 12.4. The zero-order valence-corrected chi connectivity index (χ0v) is 12.4. The van der Waals surface area contributed by atoms with Crippen LogP contribution >= 0.6 is 8.86 Å². The molecule has 0 aliphatic carbocycles. The van der Waals surface area contributed by atoms with E-state index in [2.05, 4.69) is 39.3 Å². The van der Waals surface area contributed by atoms with Gasteiger partial charge in [-0.05, 0) is 35.5 Å². The minimum Gasteiger partial charge on any atom is -0.379 e. The van der Waals surface area contributed by atoms with Crippen molar-refractivity contribution in [2.75, 3.05) is 0 Å². The summed E-state index contributed by atoms with van der Waals surface area (Å²) in [5, 5.41) is 3.23. The zero-order chi connectivity index (χ0) is 14.1. The van der Waals surface area contributed by atoms with Gasteiger partial charge in [0, 0.05) is 6.20 Å². The Balaban J connectivity index is 1.87. The van der Waals surface area contributed by atoms with Crippen molar-refractivity contribution in [3.8, 4) is 0 Å². The molecule has 1 N–H and O–H groups in total. The van der Waals surface area contributed by atoms with Gasteiger partial charge in [-0.2, -0.15) is 0 Å². The van der Waals surface area contributed by atoms with Gasteiger partial charge in [0.2, 0.25) is 5.91 Å². The molecule has 0 fully saturated rings. The Bertz CT molecular complexity index is 633. The van der Waals surface area contributed by atoms with Crippen LogP contribution in [0.15, 0.2) is 42.2 Å². The fourth-order valence-corrected chi connectivity index (χ4v) is 2.87. The van der Waals surface area contributed by atoms with E-state index in [-0.39, 0.29) is 11.9 Å². The van der Waals surface area contributed by atoms with E-state index in [4.69, 9.17) is 0 Å². The Morgan fingerprint density at radius 3 is 3.00 bits per heavy atom. The van der Waals surface area contributed by atoms with Crippen LogP contribution in [0, 0.1) is 6.92 Å². The number of hydrogen-bond donors (Lipinski definition) is 1. The van der Waals surface area contributed by atoms with Crippen molar-refractivity contribution in [1.29, 1.82) is 0 Å². The first-order valence-electron chi connectivity index (χ1n) is 6.72. The Morgan fingerprint density at radius 2 is 2.30 bits per heavy atom. The van der Waals surface area contributed by atoms with Crippen molar-refractivity contribution in [1.82, 2.24) is 10.2 Å². The molecule has 102 valence electrons. The summed E-state index contributed by atoms with van der Waals surface area (Å²) in [6, 6.07) is 6.40. The summed E-state index contributed by atoms with van der Waals surface area (Å²) in [6.45, 7) is 2.72. The van der Waals surface area contributed by atoms with Gasteiger partial charge < -0.3 is 10.2 Å². The molecule has 0 saturated carbocycles. The molecule has 0 bridgehead atoms.